The largest absolute Gasteiger partial charge is 0.421 e. The Bertz CT molecular complexity index is 1230. The molecule has 7 nitrogen and oxygen atoms in total. The first-order valence-corrected chi connectivity index (χ1v) is 11.7. The minimum Gasteiger partial charge on any atom is -0.421 e. The normalized spacial score (nSPS) is 17.7. The maximum absolute atomic E-state index is 15.2. The SMILES string of the molecule is CC1=CC(Nc2cc(N3CCN(CCF)CC3)nc(Oc3cc(F)c4c(c3F)C=C(C)C4)n2)=NC1. The van der Waals surface area contributed by atoms with Crippen LogP contribution in [0, 0.1) is 11.6 Å². The van der Waals surface area contributed by atoms with E-state index in [1.54, 1.807) is 12.1 Å². The van der Waals surface area contributed by atoms with E-state index in [2.05, 4.69) is 20.3 Å². The summed E-state index contributed by atoms with van der Waals surface area (Å²) in [5.74, 6) is 0.232. The fourth-order valence-electron chi connectivity index (χ4n) is 4.48. The quantitative estimate of drug-likeness (QED) is 0.657. The van der Waals surface area contributed by atoms with Crippen LogP contribution in [0.3, 0.4) is 0 Å². The number of alkyl halides is 1. The first-order valence-electron chi connectivity index (χ1n) is 11.7. The minimum atomic E-state index is -0.639. The van der Waals surface area contributed by atoms with Crippen LogP contribution in [0.4, 0.5) is 24.8 Å². The summed E-state index contributed by atoms with van der Waals surface area (Å²) < 4.78 is 48.3. The van der Waals surface area contributed by atoms with Gasteiger partial charge in [-0.25, -0.2) is 13.2 Å². The highest BCUT2D eigenvalue weighted by Gasteiger charge is 2.25. The molecule has 0 bridgehead atoms. The number of aromatic nitrogens is 2. The molecule has 1 saturated heterocycles. The van der Waals surface area contributed by atoms with Crippen LogP contribution in [0.25, 0.3) is 6.08 Å². The zero-order valence-electron chi connectivity index (χ0n) is 19.7. The van der Waals surface area contributed by atoms with E-state index in [0.29, 0.717) is 68.7 Å². The second kappa shape index (κ2) is 9.69. The van der Waals surface area contributed by atoms with E-state index in [1.807, 2.05) is 29.7 Å². The highest BCUT2D eigenvalue weighted by atomic mass is 19.1. The van der Waals surface area contributed by atoms with Crippen LogP contribution in [0.5, 0.6) is 11.8 Å². The predicted molar refractivity (Wildman–Crippen MR) is 130 cm³/mol. The highest BCUT2D eigenvalue weighted by Crippen LogP contribution is 2.36. The molecule has 2 aromatic rings. The van der Waals surface area contributed by atoms with Crippen molar-refractivity contribution >= 4 is 23.5 Å². The number of anilines is 2. The van der Waals surface area contributed by atoms with Gasteiger partial charge < -0.3 is 15.0 Å². The maximum atomic E-state index is 15.2. The summed E-state index contributed by atoms with van der Waals surface area (Å²) in [6, 6.07) is 2.72. The van der Waals surface area contributed by atoms with Crippen molar-refractivity contribution in [1.29, 1.82) is 0 Å². The van der Waals surface area contributed by atoms with Gasteiger partial charge in [0.1, 0.15) is 30.0 Å². The Balaban J connectivity index is 1.45. The fraction of sp³-hybridized carbons (Fsp3) is 0.400. The third kappa shape index (κ3) is 5.02. The van der Waals surface area contributed by atoms with Gasteiger partial charge in [-0.2, -0.15) is 9.97 Å². The fourth-order valence-corrected chi connectivity index (χ4v) is 4.48. The molecule has 35 heavy (non-hydrogen) atoms. The number of hydrogen-bond acceptors (Lipinski definition) is 7. The number of halogens is 3. The Labute approximate surface area is 202 Å². The van der Waals surface area contributed by atoms with E-state index in [1.165, 1.54) is 0 Å². The van der Waals surface area contributed by atoms with E-state index < -0.39 is 11.6 Å². The second-order valence-corrected chi connectivity index (χ2v) is 9.06. The number of amidine groups is 1. The molecule has 10 heteroatoms. The molecule has 2 aliphatic heterocycles. The lowest BCUT2D eigenvalue weighted by molar-refractivity contribution is 0.235. The average Bonchev–Trinajstić information content (AvgIpc) is 3.43. The molecule has 0 amide bonds. The molecule has 0 unspecified atom stereocenters. The number of nitrogens with zero attached hydrogens (tertiary/aromatic N) is 5. The van der Waals surface area contributed by atoms with Crippen LogP contribution in [0.15, 0.2) is 34.3 Å². The number of benzene rings is 1. The van der Waals surface area contributed by atoms with Gasteiger partial charge in [0.25, 0.3) is 0 Å². The number of allylic oxidation sites excluding steroid dienone is 1. The molecule has 1 N–H and O–H groups in total. The van der Waals surface area contributed by atoms with Crippen LogP contribution in [0.2, 0.25) is 0 Å². The van der Waals surface area contributed by atoms with Gasteiger partial charge in [-0.3, -0.25) is 9.89 Å². The third-order valence-corrected chi connectivity index (χ3v) is 6.30. The molecule has 5 rings (SSSR count). The number of hydrogen-bond donors (Lipinski definition) is 1. The molecule has 3 aliphatic rings. The lowest BCUT2D eigenvalue weighted by Crippen LogP contribution is -2.47. The van der Waals surface area contributed by atoms with Crippen LogP contribution >= 0.6 is 0 Å². The number of aliphatic imine (C=N–C) groups is 1. The van der Waals surface area contributed by atoms with E-state index in [-0.39, 0.29) is 24.0 Å². The van der Waals surface area contributed by atoms with Gasteiger partial charge in [0.05, 0.1) is 6.54 Å². The number of fused-ring (bicyclic) bond motifs is 1. The minimum absolute atomic E-state index is 0.104. The molecule has 1 aromatic carbocycles. The van der Waals surface area contributed by atoms with Crippen molar-refractivity contribution in [3.63, 3.8) is 0 Å². The number of ether oxygens (including phenoxy) is 1. The van der Waals surface area contributed by atoms with Crippen molar-refractivity contribution in [2.75, 3.05) is 56.2 Å². The number of piperazine rings is 1. The summed E-state index contributed by atoms with van der Waals surface area (Å²) in [5.41, 5.74) is 2.53. The lowest BCUT2D eigenvalue weighted by Gasteiger charge is -2.35. The summed E-state index contributed by atoms with van der Waals surface area (Å²) in [7, 11) is 0. The second-order valence-electron chi connectivity index (χ2n) is 9.06. The highest BCUT2D eigenvalue weighted by molar-refractivity contribution is 6.05. The van der Waals surface area contributed by atoms with Crippen molar-refractivity contribution in [3.8, 4) is 11.8 Å². The molecule has 1 fully saturated rings. The molecule has 0 radical (unpaired) electrons. The summed E-state index contributed by atoms with van der Waals surface area (Å²) in [4.78, 5) is 17.4. The van der Waals surface area contributed by atoms with Crippen LogP contribution in [0.1, 0.15) is 25.0 Å². The van der Waals surface area contributed by atoms with Crippen LogP contribution in [-0.2, 0) is 6.42 Å². The van der Waals surface area contributed by atoms with Crippen molar-refractivity contribution in [3.05, 3.63) is 52.1 Å². The first-order chi connectivity index (χ1) is 16.9. The predicted octanol–water partition coefficient (Wildman–Crippen LogP) is 4.37. The maximum Gasteiger partial charge on any atom is 0.326 e. The van der Waals surface area contributed by atoms with Gasteiger partial charge >= 0.3 is 6.01 Å². The van der Waals surface area contributed by atoms with Gasteiger partial charge in [-0.15, -0.1) is 0 Å². The van der Waals surface area contributed by atoms with Gasteiger partial charge in [0, 0.05) is 56.0 Å². The zero-order chi connectivity index (χ0) is 24.5. The Kier molecular flexibility index (Phi) is 6.46. The summed E-state index contributed by atoms with van der Waals surface area (Å²) in [5, 5.41) is 3.16. The molecule has 0 saturated carbocycles. The van der Waals surface area contributed by atoms with Crippen molar-refractivity contribution in [1.82, 2.24) is 14.9 Å². The van der Waals surface area contributed by atoms with Crippen molar-refractivity contribution in [2.24, 2.45) is 4.99 Å². The van der Waals surface area contributed by atoms with Gasteiger partial charge in [-0.05, 0) is 31.9 Å². The zero-order valence-corrected chi connectivity index (χ0v) is 19.7. The monoisotopic (exact) mass is 484 g/mol. The topological polar surface area (TPSA) is 65.9 Å². The Morgan fingerprint density at radius 3 is 2.54 bits per heavy atom. The van der Waals surface area contributed by atoms with E-state index >= 15 is 4.39 Å². The smallest absolute Gasteiger partial charge is 0.326 e. The standard InChI is InChI=1S/C25H27F3N6O/c1-15-9-17-18(10-15)24(28)20(12-19(17)27)35-25-31-22(30-21-11-16(2)14-29-21)13-23(32-25)34-7-5-33(4-3-26)6-8-34/h10-13H,3-9,14H2,1-2H3,(H,29,30,31,32). The van der Waals surface area contributed by atoms with E-state index in [0.717, 1.165) is 17.2 Å². The molecule has 3 heterocycles. The Morgan fingerprint density at radius 1 is 1.03 bits per heavy atom. The van der Waals surface area contributed by atoms with Gasteiger partial charge in [0.15, 0.2) is 11.6 Å². The average molecular weight is 485 g/mol. The molecule has 0 atom stereocenters. The number of rotatable bonds is 6. The van der Waals surface area contributed by atoms with E-state index in [4.69, 9.17) is 4.74 Å². The molecular formula is C25H27F3N6O. The van der Waals surface area contributed by atoms with Crippen molar-refractivity contribution in [2.45, 2.75) is 20.3 Å². The Morgan fingerprint density at radius 2 is 1.83 bits per heavy atom. The molecule has 1 aliphatic carbocycles. The molecular weight excluding hydrogens is 457 g/mol. The summed E-state index contributed by atoms with van der Waals surface area (Å²) in [6.45, 7) is 7.11. The van der Waals surface area contributed by atoms with Gasteiger partial charge in [-0.1, -0.05) is 11.6 Å². The Hall–Kier alpha value is -3.40. The summed E-state index contributed by atoms with van der Waals surface area (Å²) >= 11 is 0. The lowest BCUT2D eigenvalue weighted by atomic mass is 10.1. The first kappa shape index (κ1) is 23.3. The number of nitrogens with one attached hydrogen (secondary N) is 1. The summed E-state index contributed by atoms with van der Waals surface area (Å²) in [6.07, 6.45) is 3.93. The van der Waals surface area contributed by atoms with Crippen LogP contribution < -0.4 is 15.0 Å². The van der Waals surface area contributed by atoms with Crippen molar-refractivity contribution < 1.29 is 17.9 Å². The van der Waals surface area contributed by atoms with E-state index in [9.17, 15) is 8.78 Å². The molecule has 184 valence electrons. The van der Waals surface area contributed by atoms with Gasteiger partial charge in [0.2, 0.25) is 0 Å². The third-order valence-electron chi connectivity index (χ3n) is 6.30. The molecule has 0 spiro atoms. The van der Waals surface area contributed by atoms with Crippen LogP contribution in [-0.4, -0.2) is 66.6 Å². The molecule has 1 aromatic heterocycles.